The summed E-state index contributed by atoms with van der Waals surface area (Å²) in [5.74, 6) is 0. The summed E-state index contributed by atoms with van der Waals surface area (Å²) in [4.78, 5) is 0. The second kappa shape index (κ2) is 4.48. The first-order valence-corrected chi connectivity index (χ1v) is 4.47. The molecule has 12 heavy (non-hydrogen) atoms. The van der Waals surface area contributed by atoms with Gasteiger partial charge < -0.3 is 5.11 Å². The molecule has 0 aromatic heterocycles. The van der Waals surface area contributed by atoms with E-state index >= 15 is 0 Å². The lowest BCUT2D eigenvalue weighted by atomic mass is 10.0. The molecule has 2 heteroatoms. The molecule has 0 atom stereocenters. The van der Waals surface area contributed by atoms with E-state index < -0.39 is 0 Å². The van der Waals surface area contributed by atoms with Crippen molar-refractivity contribution in [3.8, 4) is 0 Å². The number of benzene rings is 1. The van der Waals surface area contributed by atoms with E-state index in [-0.39, 0.29) is 6.61 Å². The standard InChI is InChI=1S/C10H13ClO/c1-8-7-10(11)5-4-9(8)3-2-6-12/h4-5,7,12H,2-3,6H2,1H3. The monoisotopic (exact) mass is 184 g/mol. The molecule has 1 aromatic carbocycles. The van der Waals surface area contributed by atoms with Crippen molar-refractivity contribution in [3.63, 3.8) is 0 Å². The zero-order valence-electron chi connectivity index (χ0n) is 7.18. The van der Waals surface area contributed by atoms with Crippen LogP contribution in [0.3, 0.4) is 0 Å². The molecule has 0 aliphatic rings. The molecule has 0 bridgehead atoms. The summed E-state index contributed by atoms with van der Waals surface area (Å²) < 4.78 is 0. The van der Waals surface area contributed by atoms with Gasteiger partial charge in [0, 0.05) is 11.6 Å². The minimum Gasteiger partial charge on any atom is -0.396 e. The third kappa shape index (κ3) is 2.50. The maximum Gasteiger partial charge on any atom is 0.0434 e. The van der Waals surface area contributed by atoms with E-state index in [2.05, 4.69) is 0 Å². The Hall–Kier alpha value is -0.530. The summed E-state index contributed by atoms with van der Waals surface area (Å²) >= 11 is 5.80. The highest BCUT2D eigenvalue weighted by Crippen LogP contribution is 2.16. The summed E-state index contributed by atoms with van der Waals surface area (Å²) in [6.07, 6.45) is 1.75. The zero-order valence-corrected chi connectivity index (χ0v) is 7.93. The van der Waals surface area contributed by atoms with Gasteiger partial charge in [-0.2, -0.15) is 0 Å². The SMILES string of the molecule is Cc1cc(Cl)ccc1CCCO. The number of aryl methyl sites for hydroxylation is 2. The Morgan fingerprint density at radius 3 is 2.75 bits per heavy atom. The first kappa shape index (κ1) is 9.56. The van der Waals surface area contributed by atoms with Gasteiger partial charge in [-0.25, -0.2) is 0 Å². The van der Waals surface area contributed by atoms with E-state index in [1.54, 1.807) is 0 Å². The highest BCUT2D eigenvalue weighted by molar-refractivity contribution is 6.30. The minimum absolute atomic E-state index is 0.252. The molecule has 0 heterocycles. The Morgan fingerprint density at radius 1 is 1.42 bits per heavy atom. The van der Waals surface area contributed by atoms with Crippen LogP contribution in [-0.4, -0.2) is 11.7 Å². The van der Waals surface area contributed by atoms with Crippen LogP contribution in [-0.2, 0) is 6.42 Å². The molecule has 0 aliphatic carbocycles. The number of hydrogen-bond donors (Lipinski definition) is 1. The summed E-state index contributed by atoms with van der Waals surface area (Å²) in [5.41, 5.74) is 2.48. The number of aliphatic hydroxyl groups excluding tert-OH is 1. The lowest BCUT2D eigenvalue weighted by Crippen LogP contribution is -1.92. The maximum atomic E-state index is 8.65. The molecule has 0 unspecified atom stereocenters. The lowest BCUT2D eigenvalue weighted by Gasteiger charge is -2.04. The Balaban J connectivity index is 2.72. The number of aliphatic hydroxyl groups is 1. The van der Waals surface area contributed by atoms with Crippen molar-refractivity contribution in [2.45, 2.75) is 19.8 Å². The van der Waals surface area contributed by atoms with Crippen LogP contribution in [0.2, 0.25) is 5.02 Å². The van der Waals surface area contributed by atoms with Gasteiger partial charge in [-0.1, -0.05) is 17.7 Å². The molecule has 0 amide bonds. The molecule has 0 saturated carbocycles. The second-order valence-electron chi connectivity index (χ2n) is 2.90. The van der Waals surface area contributed by atoms with E-state index in [9.17, 15) is 0 Å². The van der Waals surface area contributed by atoms with Crippen molar-refractivity contribution in [3.05, 3.63) is 34.3 Å². The zero-order chi connectivity index (χ0) is 8.97. The number of hydrogen-bond acceptors (Lipinski definition) is 1. The molecule has 0 aliphatic heterocycles. The van der Waals surface area contributed by atoms with Gasteiger partial charge in [-0.15, -0.1) is 0 Å². The fourth-order valence-corrected chi connectivity index (χ4v) is 1.44. The molecule has 1 nitrogen and oxygen atoms in total. The molecule has 1 rings (SSSR count). The normalized spacial score (nSPS) is 10.2. The van der Waals surface area contributed by atoms with Crippen LogP contribution in [0.25, 0.3) is 0 Å². The summed E-state index contributed by atoms with van der Waals surface area (Å²) in [6, 6.07) is 5.86. The molecular weight excluding hydrogens is 172 g/mol. The molecule has 1 N–H and O–H groups in total. The molecule has 0 radical (unpaired) electrons. The number of halogens is 1. The van der Waals surface area contributed by atoms with Gasteiger partial charge in [-0.3, -0.25) is 0 Å². The van der Waals surface area contributed by atoms with Crippen molar-refractivity contribution in [1.29, 1.82) is 0 Å². The van der Waals surface area contributed by atoms with Gasteiger partial charge in [-0.05, 0) is 43.0 Å². The first-order chi connectivity index (χ1) is 5.74. The van der Waals surface area contributed by atoms with Crippen molar-refractivity contribution in [2.24, 2.45) is 0 Å². The molecule has 66 valence electrons. The first-order valence-electron chi connectivity index (χ1n) is 4.10. The lowest BCUT2D eigenvalue weighted by molar-refractivity contribution is 0.288. The van der Waals surface area contributed by atoms with Crippen LogP contribution in [0.5, 0.6) is 0 Å². The van der Waals surface area contributed by atoms with E-state index in [1.165, 1.54) is 11.1 Å². The fourth-order valence-electron chi connectivity index (χ4n) is 1.21. The summed E-state index contributed by atoms with van der Waals surface area (Å²) in [7, 11) is 0. The van der Waals surface area contributed by atoms with E-state index in [0.29, 0.717) is 0 Å². The molecule has 1 aromatic rings. The minimum atomic E-state index is 0.252. The van der Waals surface area contributed by atoms with Gasteiger partial charge >= 0.3 is 0 Å². The van der Waals surface area contributed by atoms with Crippen LogP contribution in [0.15, 0.2) is 18.2 Å². The predicted molar refractivity (Wildman–Crippen MR) is 51.6 cm³/mol. The van der Waals surface area contributed by atoms with Crippen LogP contribution < -0.4 is 0 Å². The summed E-state index contributed by atoms with van der Waals surface area (Å²) in [6.45, 7) is 2.29. The third-order valence-electron chi connectivity index (χ3n) is 1.91. The van der Waals surface area contributed by atoms with Crippen LogP contribution in [0.1, 0.15) is 17.5 Å². The van der Waals surface area contributed by atoms with E-state index in [4.69, 9.17) is 16.7 Å². The van der Waals surface area contributed by atoms with Crippen molar-refractivity contribution >= 4 is 11.6 Å². The van der Waals surface area contributed by atoms with Gasteiger partial charge in [0.2, 0.25) is 0 Å². The van der Waals surface area contributed by atoms with Crippen molar-refractivity contribution in [2.75, 3.05) is 6.61 Å². The van der Waals surface area contributed by atoms with Gasteiger partial charge in [0.25, 0.3) is 0 Å². The third-order valence-corrected chi connectivity index (χ3v) is 2.14. The molecular formula is C10H13ClO. The second-order valence-corrected chi connectivity index (χ2v) is 3.33. The predicted octanol–water partition coefficient (Wildman–Crippen LogP) is 2.57. The highest BCUT2D eigenvalue weighted by Gasteiger charge is 1.97. The van der Waals surface area contributed by atoms with Crippen LogP contribution in [0.4, 0.5) is 0 Å². The Bertz CT molecular complexity index is 258. The van der Waals surface area contributed by atoms with E-state index in [0.717, 1.165) is 17.9 Å². The van der Waals surface area contributed by atoms with Gasteiger partial charge in [0.1, 0.15) is 0 Å². The Labute approximate surface area is 78.0 Å². The topological polar surface area (TPSA) is 20.2 Å². The fraction of sp³-hybridized carbons (Fsp3) is 0.400. The van der Waals surface area contributed by atoms with Crippen LogP contribution in [0, 0.1) is 6.92 Å². The van der Waals surface area contributed by atoms with Crippen molar-refractivity contribution in [1.82, 2.24) is 0 Å². The Morgan fingerprint density at radius 2 is 2.17 bits per heavy atom. The molecule has 0 saturated heterocycles. The van der Waals surface area contributed by atoms with E-state index in [1.807, 2.05) is 25.1 Å². The summed E-state index contributed by atoms with van der Waals surface area (Å²) in [5, 5.41) is 9.42. The van der Waals surface area contributed by atoms with Crippen LogP contribution >= 0.6 is 11.6 Å². The number of rotatable bonds is 3. The largest absolute Gasteiger partial charge is 0.396 e. The maximum absolute atomic E-state index is 8.65. The average molecular weight is 185 g/mol. The average Bonchev–Trinajstić information content (AvgIpc) is 2.03. The Kier molecular flexibility index (Phi) is 3.57. The smallest absolute Gasteiger partial charge is 0.0434 e. The van der Waals surface area contributed by atoms with Gasteiger partial charge in [0.15, 0.2) is 0 Å². The molecule has 0 fully saturated rings. The highest BCUT2D eigenvalue weighted by atomic mass is 35.5. The van der Waals surface area contributed by atoms with Crippen molar-refractivity contribution < 1.29 is 5.11 Å². The van der Waals surface area contributed by atoms with Gasteiger partial charge in [0.05, 0.1) is 0 Å². The quantitative estimate of drug-likeness (QED) is 0.766. The molecule has 0 spiro atoms.